The maximum atomic E-state index is 12.4. The van der Waals surface area contributed by atoms with Crippen molar-refractivity contribution in [3.05, 3.63) is 53.8 Å². The molecule has 0 aliphatic heterocycles. The minimum Gasteiger partial charge on any atom is -0.457 e. The van der Waals surface area contributed by atoms with Crippen LogP contribution in [0.25, 0.3) is 17.4 Å². The lowest BCUT2D eigenvalue weighted by Crippen LogP contribution is -2.03. The number of hydrogen-bond donors (Lipinski definition) is 0. The predicted octanol–water partition coefficient (Wildman–Crippen LogP) is 4.74. The molecule has 0 aliphatic carbocycles. The van der Waals surface area contributed by atoms with Gasteiger partial charge in [0.2, 0.25) is 5.24 Å². The molecule has 2 nitrogen and oxygen atoms in total. The van der Waals surface area contributed by atoms with Gasteiger partial charge in [-0.1, -0.05) is 12.1 Å². The van der Waals surface area contributed by atoms with Crippen molar-refractivity contribution < 1.29 is 22.4 Å². The fraction of sp³-hybridized carbons (Fsp3) is 0.0714. The van der Waals surface area contributed by atoms with E-state index in [4.69, 9.17) is 16.0 Å². The van der Waals surface area contributed by atoms with E-state index in [9.17, 15) is 18.0 Å². The molecule has 0 spiro atoms. The highest BCUT2D eigenvalue weighted by Crippen LogP contribution is 2.31. The second-order valence-electron chi connectivity index (χ2n) is 3.91. The van der Waals surface area contributed by atoms with Crippen molar-refractivity contribution >= 4 is 22.9 Å². The molecule has 0 amide bonds. The van der Waals surface area contributed by atoms with Gasteiger partial charge >= 0.3 is 6.18 Å². The standard InChI is InChI=1S/C14H8ClF3O2/c15-13(19)8-6-11-5-7-12(20-11)9-1-3-10(4-2-9)14(16,17)18/h1-8H/b8-6+. The molecule has 0 atom stereocenters. The van der Waals surface area contributed by atoms with Gasteiger partial charge in [0.15, 0.2) is 0 Å². The molecule has 0 fully saturated rings. The zero-order valence-electron chi connectivity index (χ0n) is 9.95. The van der Waals surface area contributed by atoms with Crippen molar-refractivity contribution in [1.82, 2.24) is 0 Å². The molecule has 104 valence electrons. The molecule has 1 aromatic carbocycles. The largest absolute Gasteiger partial charge is 0.457 e. The number of alkyl halides is 3. The Balaban J connectivity index is 2.22. The molecule has 20 heavy (non-hydrogen) atoms. The quantitative estimate of drug-likeness (QED) is 0.605. The molecule has 6 heteroatoms. The highest BCUT2D eigenvalue weighted by molar-refractivity contribution is 6.66. The van der Waals surface area contributed by atoms with Gasteiger partial charge in [-0.2, -0.15) is 13.2 Å². The van der Waals surface area contributed by atoms with E-state index in [1.807, 2.05) is 0 Å². The first-order chi connectivity index (χ1) is 9.36. The first kappa shape index (κ1) is 14.4. The minimum atomic E-state index is -4.36. The lowest BCUT2D eigenvalue weighted by Gasteiger charge is -2.06. The van der Waals surface area contributed by atoms with Crippen LogP contribution in [0.1, 0.15) is 11.3 Å². The van der Waals surface area contributed by atoms with Crippen molar-refractivity contribution in [2.75, 3.05) is 0 Å². The number of carbonyl (C=O) groups is 1. The fourth-order valence-corrected chi connectivity index (χ4v) is 1.63. The topological polar surface area (TPSA) is 30.2 Å². The lowest BCUT2D eigenvalue weighted by atomic mass is 10.1. The number of benzene rings is 1. The van der Waals surface area contributed by atoms with Crippen LogP contribution in [0.2, 0.25) is 0 Å². The maximum Gasteiger partial charge on any atom is 0.416 e. The normalized spacial score (nSPS) is 12.0. The number of allylic oxidation sites excluding steroid dienone is 1. The molecule has 0 unspecified atom stereocenters. The third-order valence-electron chi connectivity index (χ3n) is 2.50. The van der Waals surface area contributed by atoms with Gasteiger partial charge in [0.05, 0.1) is 5.56 Å². The average molecular weight is 301 g/mol. The van der Waals surface area contributed by atoms with Crippen molar-refractivity contribution in [1.29, 1.82) is 0 Å². The molecule has 0 bridgehead atoms. The van der Waals surface area contributed by atoms with Crippen LogP contribution in [0.15, 0.2) is 46.9 Å². The maximum absolute atomic E-state index is 12.4. The highest BCUT2D eigenvalue weighted by atomic mass is 35.5. The molecule has 0 saturated carbocycles. The van der Waals surface area contributed by atoms with Gasteiger partial charge in [-0.3, -0.25) is 4.79 Å². The van der Waals surface area contributed by atoms with Crippen LogP contribution in [0.5, 0.6) is 0 Å². The Morgan fingerprint density at radius 3 is 2.30 bits per heavy atom. The number of halogens is 4. The summed E-state index contributed by atoms with van der Waals surface area (Å²) in [7, 11) is 0. The van der Waals surface area contributed by atoms with Crippen molar-refractivity contribution in [3.63, 3.8) is 0 Å². The van der Waals surface area contributed by atoms with Gasteiger partial charge in [0.25, 0.3) is 0 Å². The second kappa shape index (κ2) is 5.54. The Kier molecular flexibility index (Phi) is 3.99. The van der Waals surface area contributed by atoms with Crippen LogP contribution in [0.3, 0.4) is 0 Å². The van der Waals surface area contributed by atoms with Crippen LogP contribution in [-0.2, 0) is 11.0 Å². The van der Waals surface area contributed by atoms with Crippen LogP contribution in [-0.4, -0.2) is 5.24 Å². The number of rotatable bonds is 3. The van der Waals surface area contributed by atoms with Crippen molar-refractivity contribution in [2.24, 2.45) is 0 Å². The summed E-state index contributed by atoms with van der Waals surface area (Å²) in [6, 6.07) is 7.79. The summed E-state index contributed by atoms with van der Waals surface area (Å²) >= 11 is 5.14. The van der Waals surface area contributed by atoms with E-state index in [0.717, 1.165) is 18.2 Å². The summed E-state index contributed by atoms with van der Waals surface area (Å²) in [5.41, 5.74) is -0.212. The second-order valence-corrected chi connectivity index (χ2v) is 4.29. The van der Waals surface area contributed by atoms with Gasteiger partial charge in [-0.25, -0.2) is 0 Å². The summed E-state index contributed by atoms with van der Waals surface area (Å²) in [6.45, 7) is 0. The van der Waals surface area contributed by atoms with Crippen LogP contribution < -0.4 is 0 Å². The number of hydrogen-bond acceptors (Lipinski definition) is 2. The van der Waals surface area contributed by atoms with E-state index < -0.39 is 17.0 Å². The first-order valence-corrected chi connectivity index (χ1v) is 5.89. The highest BCUT2D eigenvalue weighted by Gasteiger charge is 2.30. The predicted molar refractivity (Wildman–Crippen MR) is 69.0 cm³/mol. The SMILES string of the molecule is O=C(Cl)/C=C/c1ccc(-c2ccc(C(F)(F)F)cc2)o1. The van der Waals surface area contributed by atoms with Gasteiger partial charge in [-0.15, -0.1) is 0 Å². The molecule has 0 N–H and O–H groups in total. The van der Waals surface area contributed by atoms with Crippen LogP contribution >= 0.6 is 11.6 Å². The monoisotopic (exact) mass is 300 g/mol. The Hall–Kier alpha value is -2.01. The fourth-order valence-electron chi connectivity index (χ4n) is 1.57. The third kappa shape index (κ3) is 3.51. The smallest absolute Gasteiger partial charge is 0.416 e. The van der Waals surface area contributed by atoms with E-state index in [1.54, 1.807) is 12.1 Å². The molecular formula is C14H8ClF3O2. The number of furan rings is 1. The third-order valence-corrected chi connectivity index (χ3v) is 2.63. The number of carbonyl (C=O) groups excluding carboxylic acids is 1. The van der Waals surface area contributed by atoms with E-state index in [1.165, 1.54) is 18.2 Å². The first-order valence-electron chi connectivity index (χ1n) is 5.51. The van der Waals surface area contributed by atoms with E-state index >= 15 is 0 Å². The molecule has 1 heterocycles. The average Bonchev–Trinajstić information content (AvgIpc) is 2.84. The van der Waals surface area contributed by atoms with Gasteiger partial charge in [0, 0.05) is 11.6 Å². The van der Waals surface area contributed by atoms with E-state index in [2.05, 4.69) is 0 Å². The summed E-state index contributed by atoms with van der Waals surface area (Å²) in [6.07, 6.45) is -1.86. The molecule has 2 aromatic rings. The Labute approximate surface area is 117 Å². The van der Waals surface area contributed by atoms with Crippen molar-refractivity contribution in [2.45, 2.75) is 6.18 Å². The lowest BCUT2D eigenvalue weighted by molar-refractivity contribution is -0.137. The van der Waals surface area contributed by atoms with Crippen LogP contribution in [0.4, 0.5) is 13.2 Å². The van der Waals surface area contributed by atoms with Gasteiger partial charge in [-0.05, 0) is 41.9 Å². The summed E-state index contributed by atoms with van der Waals surface area (Å²) in [4.78, 5) is 10.6. The summed E-state index contributed by atoms with van der Waals surface area (Å²) < 4.78 is 42.6. The molecular weight excluding hydrogens is 293 g/mol. The minimum absolute atomic E-state index is 0.383. The molecule has 1 aromatic heterocycles. The molecule has 0 radical (unpaired) electrons. The Morgan fingerprint density at radius 1 is 1.10 bits per heavy atom. The molecule has 2 rings (SSSR count). The Bertz CT molecular complexity index is 639. The van der Waals surface area contributed by atoms with E-state index in [-0.39, 0.29) is 0 Å². The zero-order valence-corrected chi connectivity index (χ0v) is 10.7. The Morgan fingerprint density at radius 2 is 1.75 bits per heavy atom. The molecule has 0 aliphatic rings. The molecule has 0 saturated heterocycles. The van der Waals surface area contributed by atoms with Gasteiger partial charge in [0.1, 0.15) is 11.5 Å². The van der Waals surface area contributed by atoms with Crippen LogP contribution in [0, 0.1) is 0 Å². The summed E-state index contributed by atoms with van der Waals surface area (Å²) in [5.74, 6) is 0.786. The zero-order chi connectivity index (χ0) is 14.8. The van der Waals surface area contributed by atoms with E-state index in [0.29, 0.717) is 17.1 Å². The van der Waals surface area contributed by atoms with Gasteiger partial charge < -0.3 is 4.42 Å². The summed E-state index contributed by atoms with van der Waals surface area (Å²) in [5, 5.41) is -0.641. The van der Waals surface area contributed by atoms with Crippen molar-refractivity contribution in [3.8, 4) is 11.3 Å².